The normalized spacial score (nSPS) is 14.8. The second-order valence-electron chi connectivity index (χ2n) is 6.94. The molecule has 0 bridgehead atoms. The highest BCUT2D eigenvalue weighted by Gasteiger charge is 2.24. The van der Waals surface area contributed by atoms with E-state index in [1.54, 1.807) is 0 Å². The van der Waals surface area contributed by atoms with Gasteiger partial charge in [-0.1, -0.05) is 54.6 Å². The summed E-state index contributed by atoms with van der Waals surface area (Å²) >= 11 is 0. The predicted molar refractivity (Wildman–Crippen MR) is 105 cm³/mol. The monoisotopic (exact) mass is 339 g/mol. The van der Waals surface area contributed by atoms with Crippen molar-refractivity contribution in [2.24, 2.45) is 0 Å². The van der Waals surface area contributed by atoms with Crippen LogP contribution in [0.3, 0.4) is 0 Å². The Balaban J connectivity index is 1.70. The molecule has 3 aromatic rings. The highest BCUT2D eigenvalue weighted by atomic mass is 16.3. The Labute approximate surface area is 152 Å². The van der Waals surface area contributed by atoms with Crippen LogP contribution in [-0.2, 0) is 19.4 Å². The number of fused-ring (bicyclic) bond motifs is 3. The van der Waals surface area contributed by atoms with Crippen LogP contribution < -0.4 is 5.43 Å². The fraction of sp³-hybridized carbons (Fsp3) is 0.130. The molecule has 0 atom stereocenters. The smallest absolute Gasteiger partial charge is 0.120 e. The molecule has 0 saturated heterocycles. The lowest BCUT2D eigenvalue weighted by molar-refractivity contribution is -0.525. The van der Waals surface area contributed by atoms with E-state index in [1.165, 1.54) is 27.8 Å². The molecule has 5 rings (SSSR count). The van der Waals surface area contributed by atoms with Crippen LogP contribution in [0.4, 0.5) is 5.69 Å². The van der Waals surface area contributed by atoms with Gasteiger partial charge in [0.05, 0.1) is 10.5 Å². The molecule has 0 amide bonds. The van der Waals surface area contributed by atoms with Gasteiger partial charge >= 0.3 is 0 Å². The highest BCUT2D eigenvalue weighted by molar-refractivity contribution is 5.94. The van der Waals surface area contributed by atoms with E-state index in [2.05, 4.69) is 72.2 Å². The Bertz CT molecular complexity index is 1020. The largest absolute Gasteiger partial charge is 0.252 e. The zero-order chi connectivity index (χ0) is 17.5. The third kappa shape index (κ3) is 2.53. The van der Waals surface area contributed by atoms with Crippen LogP contribution in [0.2, 0.25) is 0 Å². The van der Waals surface area contributed by atoms with Gasteiger partial charge in [0.25, 0.3) is 6.54 Å². The lowest BCUT2D eigenvalue weighted by atomic mass is 9.92. The van der Waals surface area contributed by atoms with Crippen LogP contribution in [0, 0.1) is 4.91 Å². The molecule has 3 aromatic carbocycles. The molecule has 0 aromatic heterocycles. The first-order chi connectivity index (χ1) is 12.8. The Hall–Kier alpha value is -3.20. The highest BCUT2D eigenvalue weighted by Crippen LogP contribution is 2.35. The molecule has 126 valence electrons. The molecule has 0 radical (unpaired) electrons. The van der Waals surface area contributed by atoms with Crippen LogP contribution in [0.15, 0.2) is 66.7 Å². The van der Waals surface area contributed by atoms with Crippen molar-refractivity contribution in [2.75, 3.05) is 5.43 Å². The van der Waals surface area contributed by atoms with Gasteiger partial charge in [0, 0.05) is 0 Å². The molecule has 1 heterocycles. The number of nitrogens with zero attached hydrogens (tertiary/aromatic N) is 1. The van der Waals surface area contributed by atoms with Crippen LogP contribution in [-0.4, -0.2) is 4.87 Å². The summed E-state index contributed by atoms with van der Waals surface area (Å²) in [6, 6.07) is 23.6. The van der Waals surface area contributed by atoms with Gasteiger partial charge in [-0.15, -0.1) is 5.43 Å². The van der Waals surface area contributed by atoms with Crippen molar-refractivity contribution in [1.29, 1.82) is 0 Å². The van der Waals surface area contributed by atoms with Gasteiger partial charge in [-0.05, 0) is 64.4 Å². The van der Waals surface area contributed by atoms with Gasteiger partial charge in [0.1, 0.15) is 10.6 Å². The van der Waals surface area contributed by atoms with Crippen LogP contribution in [0.5, 0.6) is 0 Å². The van der Waals surface area contributed by atoms with Gasteiger partial charge in [-0.3, -0.25) is 0 Å². The number of nitroso groups, excluding NO2 is 1. The zero-order valence-electron chi connectivity index (χ0n) is 14.4. The third-order valence-electron chi connectivity index (χ3n) is 5.28. The Morgan fingerprint density at radius 1 is 0.808 bits per heavy atom. The molecule has 2 aliphatic rings. The summed E-state index contributed by atoms with van der Waals surface area (Å²) in [7, 11) is 0. The average Bonchev–Trinajstić information content (AvgIpc) is 2.96. The number of anilines is 1. The van der Waals surface area contributed by atoms with E-state index in [9.17, 15) is 4.91 Å². The number of hydrogen-bond donors (Lipinski definition) is 1. The lowest BCUT2D eigenvalue weighted by Crippen LogP contribution is -2.05. The van der Waals surface area contributed by atoms with Gasteiger partial charge in [-0.2, -0.15) is 0 Å². The molecule has 1 N–H and O–H groups in total. The van der Waals surface area contributed by atoms with Gasteiger partial charge in [0.2, 0.25) is 0 Å². The Kier molecular flexibility index (Phi) is 3.45. The minimum atomic E-state index is 0.401. The summed E-state index contributed by atoms with van der Waals surface area (Å²) in [5.41, 5.74) is 12.6. The van der Waals surface area contributed by atoms with Crippen molar-refractivity contribution in [3.8, 4) is 0 Å². The van der Waals surface area contributed by atoms with E-state index >= 15 is 0 Å². The quantitative estimate of drug-likeness (QED) is 0.633. The number of hydrazine groups is 1. The van der Waals surface area contributed by atoms with Crippen molar-refractivity contribution in [3.63, 3.8) is 0 Å². The maximum absolute atomic E-state index is 11.6. The van der Waals surface area contributed by atoms with Crippen molar-refractivity contribution >= 4 is 17.3 Å². The van der Waals surface area contributed by atoms with Crippen molar-refractivity contribution in [3.05, 3.63) is 105 Å². The summed E-state index contributed by atoms with van der Waals surface area (Å²) in [6.07, 6.45) is 4.36. The van der Waals surface area contributed by atoms with E-state index in [4.69, 9.17) is 0 Å². The van der Waals surface area contributed by atoms with Crippen LogP contribution in [0.25, 0.3) is 11.6 Å². The molecule has 3 heteroatoms. The van der Waals surface area contributed by atoms with Crippen LogP contribution in [0.1, 0.15) is 33.4 Å². The van der Waals surface area contributed by atoms with E-state index in [0.717, 1.165) is 34.5 Å². The molecule has 0 unspecified atom stereocenters. The molecule has 0 saturated carbocycles. The average molecular weight is 339 g/mol. The van der Waals surface area contributed by atoms with E-state index in [-0.39, 0.29) is 0 Å². The maximum Gasteiger partial charge on any atom is 0.252 e. The van der Waals surface area contributed by atoms with Gasteiger partial charge < -0.3 is 0 Å². The standard InChI is InChI=1S/C23H19N2O/c26-25-15-19-10-9-16(14-23(19)24-25)13-22-20-7-3-1-5-17(20)11-12-18-6-2-4-8-21(18)22/h1-10,13-14H,11-12,15H2,(H,24,26)/q+1. The van der Waals surface area contributed by atoms with Crippen LogP contribution >= 0.6 is 0 Å². The number of hydrogen-bond acceptors (Lipinski definition) is 1. The first-order valence-corrected chi connectivity index (χ1v) is 9.00. The summed E-state index contributed by atoms with van der Waals surface area (Å²) in [5, 5.41) is 0. The van der Waals surface area contributed by atoms with E-state index in [1.807, 2.05) is 6.07 Å². The summed E-state index contributed by atoms with van der Waals surface area (Å²) in [5.74, 6) is 0. The molecule has 0 fully saturated rings. The predicted octanol–water partition coefficient (Wildman–Crippen LogP) is 4.99. The Morgan fingerprint density at radius 3 is 2.15 bits per heavy atom. The first kappa shape index (κ1) is 15.1. The summed E-state index contributed by atoms with van der Waals surface area (Å²) in [4.78, 5) is 12.4. The molecule has 3 nitrogen and oxygen atoms in total. The van der Waals surface area contributed by atoms with Crippen molar-refractivity contribution in [1.82, 2.24) is 0 Å². The molecule has 1 aliphatic heterocycles. The van der Waals surface area contributed by atoms with Gasteiger partial charge in [0.15, 0.2) is 0 Å². The molecule has 1 aliphatic carbocycles. The molecular formula is C23H19N2O+. The topological polar surface area (TPSA) is 32.1 Å². The second kappa shape index (κ2) is 5.95. The fourth-order valence-electron chi connectivity index (χ4n) is 3.99. The summed E-state index contributed by atoms with van der Waals surface area (Å²) in [6.45, 7) is 0.401. The van der Waals surface area contributed by atoms with Gasteiger partial charge in [-0.25, -0.2) is 0 Å². The SMILES string of the molecule is O=[N+]1Cc2ccc(C=C3c4ccccc4CCc4ccccc43)cc2N1. The number of nitrogens with one attached hydrogen (secondary N) is 1. The summed E-state index contributed by atoms with van der Waals surface area (Å²) < 4.78 is 0. The van der Waals surface area contributed by atoms with Crippen molar-refractivity contribution in [2.45, 2.75) is 19.4 Å². The Morgan fingerprint density at radius 2 is 1.46 bits per heavy atom. The minimum Gasteiger partial charge on any atom is -0.120 e. The maximum atomic E-state index is 11.6. The number of aryl methyl sites for hydroxylation is 2. The number of rotatable bonds is 1. The lowest BCUT2D eigenvalue weighted by Gasteiger charge is -2.12. The number of benzene rings is 3. The zero-order valence-corrected chi connectivity index (χ0v) is 14.4. The molecule has 0 spiro atoms. The van der Waals surface area contributed by atoms with E-state index in [0.29, 0.717) is 6.54 Å². The fourth-order valence-corrected chi connectivity index (χ4v) is 3.99. The first-order valence-electron chi connectivity index (χ1n) is 9.00. The third-order valence-corrected chi connectivity index (χ3v) is 5.28. The van der Waals surface area contributed by atoms with Crippen molar-refractivity contribution < 1.29 is 4.87 Å². The van der Waals surface area contributed by atoms with E-state index < -0.39 is 0 Å². The molecule has 26 heavy (non-hydrogen) atoms. The minimum absolute atomic E-state index is 0.401. The molecular weight excluding hydrogens is 320 g/mol. The second-order valence-corrected chi connectivity index (χ2v) is 6.94.